The molecule has 162 valence electrons. The Hall–Kier alpha value is -3.08. The predicted octanol–water partition coefficient (Wildman–Crippen LogP) is 3.29. The Labute approximate surface area is 171 Å². The fraction of sp³-hybridized carbons (Fsp3) is 0.263. The molecule has 2 aromatic rings. The fourth-order valence-corrected chi connectivity index (χ4v) is 3.35. The van der Waals surface area contributed by atoms with Gasteiger partial charge in [0.15, 0.2) is 0 Å². The van der Waals surface area contributed by atoms with Gasteiger partial charge in [-0.3, -0.25) is 9.10 Å². The number of sulfonamides is 1. The number of rotatable bonds is 7. The Balaban J connectivity index is 2.24. The molecule has 0 atom stereocenters. The van der Waals surface area contributed by atoms with E-state index in [0.717, 1.165) is 24.5 Å². The van der Waals surface area contributed by atoms with Crippen molar-refractivity contribution in [2.45, 2.75) is 13.1 Å². The first kappa shape index (κ1) is 23.2. The maximum Gasteiger partial charge on any atom is 0.416 e. The van der Waals surface area contributed by atoms with E-state index in [-0.39, 0.29) is 23.5 Å². The molecule has 0 aliphatic heterocycles. The van der Waals surface area contributed by atoms with Gasteiger partial charge < -0.3 is 10.1 Å². The molecule has 0 radical (unpaired) electrons. The van der Waals surface area contributed by atoms with E-state index < -0.39 is 40.2 Å². The maximum atomic E-state index is 13.0. The number of hydrogen-bond donors (Lipinski definition) is 1. The van der Waals surface area contributed by atoms with E-state index in [1.165, 1.54) is 24.3 Å². The number of carbonyl (C=O) groups excluding carboxylic acids is 2. The highest BCUT2D eigenvalue weighted by molar-refractivity contribution is 7.92. The molecular formula is C19H19F3N2O5S. The van der Waals surface area contributed by atoms with Crippen LogP contribution < -0.4 is 9.62 Å². The third kappa shape index (κ3) is 6.21. The van der Waals surface area contributed by atoms with Crippen molar-refractivity contribution >= 4 is 33.3 Å². The van der Waals surface area contributed by atoms with Gasteiger partial charge in [0.25, 0.3) is 0 Å². The summed E-state index contributed by atoms with van der Waals surface area (Å²) in [4.78, 5) is 24.2. The van der Waals surface area contributed by atoms with Crippen molar-refractivity contribution in [1.29, 1.82) is 0 Å². The number of amides is 1. The molecule has 0 fully saturated rings. The summed E-state index contributed by atoms with van der Waals surface area (Å²) in [5, 5.41) is 2.42. The molecule has 1 amide bonds. The minimum absolute atomic E-state index is 0.162. The molecule has 2 aromatic carbocycles. The van der Waals surface area contributed by atoms with Crippen molar-refractivity contribution in [2.75, 3.05) is 29.0 Å². The summed E-state index contributed by atoms with van der Waals surface area (Å²) in [7, 11) is -4.07. The maximum absolute atomic E-state index is 13.0. The van der Waals surface area contributed by atoms with Crippen molar-refractivity contribution in [3.63, 3.8) is 0 Å². The van der Waals surface area contributed by atoms with Crippen molar-refractivity contribution in [3.8, 4) is 0 Å². The second kappa shape index (κ2) is 9.16. The standard InChI is InChI=1S/C19H19F3N2O5S/c1-3-29-18(26)13-6-4-8-15(10-13)23-17(25)12-24(30(2,27)28)16-9-5-7-14(11-16)19(20,21)22/h4-11H,3,12H2,1-2H3,(H,23,25). The minimum atomic E-state index is -4.67. The van der Waals surface area contributed by atoms with Crippen LogP contribution in [0.15, 0.2) is 48.5 Å². The lowest BCUT2D eigenvalue weighted by atomic mass is 10.2. The van der Waals surface area contributed by atoms with Gasteiger partial charge in [0, 0.05) is 5.69 Å². The number of esters is 1. The number of alkyl halides is 3. The molecule has 11 heteroatoms. The van der Waals surface area contributed by atoms with Gasteiger partial charge in [0.2, 0.25) is 15.9 Å². The average molecular weight is 444 g/mol. The topological polar surface area (TPSA) is 92.8 Å². The van der Waals surface area contributed by atoms with Crippen LogP contribution in [-0.2, 0) is 25.7 Å². The number of carbonyl (C=O) groups is 2. The molecule has 0 unspecified atom stereocenters. The molecule has 30 heavy (non-hydrogen) atoms. The van der Waals surface area contributed by atoms with Crippen LogP contribution in [0.25, 0.3) is 0 Å². The van der Waals surface area contributed by atoms with Crippen LogP contribution in [0.5, 0.6) is 0 Å². The lowest BCUT2D eigenvalue weighted by Gasteiger charge is -2.23. The first-order chi connectivity index (χ1) is 13.9. The van der Waals surface area contributed by atoms with Crippen LogP contribution in [-0.4, -0.2) is 39.7 Å². The molecule has 2 rings (SSSR count). The van der Waals surface area contributed by atoms with Crippen LogP contribution in [0, 0.1) is 0 Å². The second-order valence-electron chi connectivity index (χ2n) is 6.17. The van der Waals surface area contributed by atoms with E-state index >= 15 is 0 Å². The second-order valence-corrected chi connectivity index (χ2v) is 8.07. The lowest BCUT2D eigenvalue weighted by Crippen LogP contribution is -2.37. The Morgan fingerprint density at radius 3 is 2.37 bits per heavy atom. The van der Waals surface area contributed by atoms with Crippen molar-refractivity contribution in [3.05, 3.63) is 59.7 Å². The Kier molecular flexibility index (Phi) is 7.08. The quantitative estimate of drug-likeness (QED) is 0.662. The van der Waals surface area contributed by atoms with Gasteiger partial charge in [-0.05, 0) is 43.3 Å². The Bertz CT molecular complexity index is 1040. The fourth-order valence-electron chi connectivity index (χ4n) is 2.51. The molecule has 0 aliphatic rings. The van der Waals surface area contributed by atoms with Crippen LogP contribution in [0.1, 0.15) is 22.8 Å². The summed E-state index contributed by atoms with van der Waals surface area (Å²) in [5.74, 6) is -1.41. The van der Waals surface area contributed by atoms with E-state index in [1.807, 2.05) is 0 Å². The highest BCUT2D eigenvalue weighted by Crippen LogP contribution is 2.32. The summed E-state index contributed by atoms with van der Waals surface area (Å²) in [6.45, 7) is 1.04. The number of benzene rings is 2. The summed E-state index contributed by atoms with van der Waals surface area (Å²) in [6, 6.07) is 9.42. The molecule has 1 N–H and O–H groups in total. The van der Waals surface area contributed by atoms with Crippen molar-refractivity contribution in [2.24, 2.45) is 0 Å². The Morgan fingerprint density at radius 2 is 1.77 bits per heavy atom. The molecule has 0 bridgehead atoms. The minimum Gasteiger partial charge on any atom is -0.462 e. The first-order valence-electron chi connectivity index (χ1n) is 8.64. The molecule has 0 heterocycles. The number of hydrogen-bond acceptors (Lipinski definition) is 5. The SMILES string of the molecule is CCOC(=O)c1cccc(NC(=O)CN(c2cccc(C(F)(F)F)c2)S(C)(=O)=O)c1. The van der Waals surface area contributed by atoms with Gasteiger partial charge in [-0.15, -0.1) is 0 Å². The molecule has 0 spiro atoms. The number of nitrogens with one attached hydrogen (secondary N) is 1. The van der Waals surface area contributed by atoms with Crippen molar-refractivity contribution in [1.82, 2.24) is 0 Å². The number of halogens is 3. The molecule has 0 aliphatic carbocycles. The van der Waals surface area contributed by atoms with E-state index in [4.69, 9.17) is 4.74 Å². The van der Waals surface area contributed by atoms with Gasteiger partial charge in [0.05, 0.1) is 29.7 Å². The number of nitrogens with zero attached hydrogens (tertiary/aromatic N) is 1. The highest BCUT2D eigenvalue weighted by Gasteiger charge is 2.32. The smallest absolute Gasteiger partial charge is 0.416 e. The van der Waals surface area contributed by atoms with Gasteiger partial charge in [-0.25, -0.2) is 13.2 Å². The molecule has 0 aromatic heterocycles. The molecule has 0 saturated carbocycles. The largest absolute Gasteiger partial charge is 0.462 e. The summed E-state index contributed by atoms with van der Waals surface area (Å²) >= 11 is 0. The lowest BCUT2D eigenvalue weighted by molar-refractivity contribution is -0.137. The van der Waals surface area contributed by atoms with Crippen LogP contribution in [0.3, 0.4) is 0 Å². The average Bonchev–Trinajstić information content (AvgIpc) is 2.65. The zero-order valence-electron chi connectivity index (χ0n) is 16.1. The van der Waals surface area contributed by atoms with E-state index in [9.17, 15) is 31.2 Å². The zero-order valence-corrected chi connectivity index (χ0v) is 16.9. The molecular weight excluding hydrogens is 425 g/mol. The van der Waals surface area contributed by atoms with E-state index in [2.05, 4.69) is 5.32 Å². The summed E-state index contributed by atoms with van der Waals surface area (Å²) < 4.78 is 68.5. The molecule has 0 saturated heterocycles. The normalized spacial score (nSPS) is 11.6. The van der Waals surface area contributed by atoms with Crippen LogP contribution in [0.2, 0.25) is 0 Å². The van der Waals surface area contributed by atoms with Crippen molar-refractivity contribution < 1.29 is 35.9 Å². The Morgan fingerprint density at radius 1 is 1.10 bits per heavy atom. The predicted molar refractivity (Wildman–Crippen MR) is 105 cm³/mol. The first-order valence-corrected chi connectivity index (χ1v) is 10.5. The van der Waals surface area contributed by atoms with Gasteiger partial charge in [0.1, 0.15) is 6.54 Å². The van der Waals surface area contributed by atoms with Crippen LogP contribution >= 0.6 is 0 Å². The summed E-state index contributed by atoms with van der Waals surface area (Å²) in [6.07, 6.45) is -3.89. The third-order valence-corrected chi connectivity index (χ3v) is 4.95. The third-order valence-electron chi connectivity index (χ3n) is 3.81. The van der Waals surface area contributed by atoms with Gasteiger partial charge in [-0.2, -0.15) is 13.2 Å². The summed E-state index contributed by atoms with van der Waals surface area (Å²) in [5.41, 5.74) is -0.977. The van der Waals surface area contributed by atoms with Gasteiger partial charge >= 0.3 is 12.1 Å². The van der Waals surface area contributed by atoms with Crippen LogP contribution in [0.4, 0.5) is 24.5 Å². The number of anilines is 2. The monoisotopic (exact) mass is 444 g/mol. The highest BCUT2D eigenvalue weighted by atomic mass is 32.2. The molecule has 7 nitrogen and oxygen atoms in total. The number of ether oxygens (including phenoxy) is 1. The van der Waals surface area contributed by atoms with E-state index in [0.29, 0.717) is 10.4 Å². The zero-order chi connectivity index (χ0) is 22.5. The van der Waals surface area contributed by atoms with Gasteiger partial charge in [-0.1, -0.05) is 12.1 Å². The van der Waals surface area contributed by atoms with E-state index in [1.54, 1.807) is 6.92 Å².